The van der Waals surface area contributed by atoms with E-state index in [0.717, 1.165) is 16.3 Å². The number of nitrogens with zero attached hydrogens (tertiary/aromatic N) is 2. The number of ether oxygens (including phenoxy) is 1. The maximum atomic E-state index is 12.5. The molecular formula is C23H20N2O4. The summed E-state index contributed by atoms with van der Waals surface area (Å²) in [6.07, 6.45) is 0.145. The third-order valence-corrected chi connectivity index (χ3v) is 4.49. The number of hydrogen-bond donors (Lipinski definition) is 1. The fourth-order valence-corrected chi connectivity index (χ4v) is 3.09. The molecule has 0 saturated carbocycles. The Balaban J connectivity index is 1.87. The Kier molecular flexibility index (Phi) is 6.20. The molecular weight excluding hydrogens is 368 g/mol. The average molecular weight is 388 g/mol. The maximum absolute atomic E-state index is 12.5. The molecule has 0 aliphatic rings. The van der Waals surface area contributed by atoms with Crippen LogP contribution in [-0.2, 0) is 16.0 Å². The first-order valence-electron chi connectivity index (χ1n) is 9.31. The highest BCUT2D eigenvalue weighted by Crippen LogP contribution is 2.25. The summed E-state index contributed by atoms with van der Waals surface area (Å²) in [5.41, 5.74) is 1.25. The molecule has 146 valence electrons. The van der Waals surface area contributed by atoms with Crippen molar-refractivity contribution in [1.82, 2.24) is 4.98 Å². The highest BCUT2D eigenvalue weighted by Gasteiger charge is 2.19. The van der Waals surface area contributed by atoms with Gasteiger partial charge in [0.2, 0.25) is 0 Å². The molecule has 0 spiro atoms. The number of benzene rings is 2. The van der Waals surface area contributed by atoms with E-state index in [4.69, 9.17) is 4.74 Å². The van der Waals surface area contributed by atoms with Crippen LogP contribution in [0.4, 0.5) is 0 Å². The number of fused-ring (bicyclic) bond motifs is 1. The van der Waals surface area contributed by atoms with Crippen molar-refractivity contribution in [2.45, 2.75) is 26.2 Å². The van der Waals surface area contributed by atoms with E-state index < -0.39 is 17.5 Å². The first kappa shape index (κ1) is 20.0. The molecule has 29 heavy (non-hydrogen) atoms. The lowest BCUT2D eigenvalue weighted by molar-refractivity contribution is -0.143. The summed E-state index contributed by atoms with van der Waals surface area (Å²) in [5, 5.41) is 21.8. The zero-order valence-corrected chi connectivity index (χ0v) is 16.0. The van der Waals surface area contributed by atoms with E-state index in [9.17, 15) is 20.0 Å². The van der Waals surface area contributed by atoms with Crippen LogP contribution in [0.3, 0.4) is 0 Å². The number of Topliss-reactive ketones (excluding diaryl/α,β-unsaturated/α-hetero) is 1. The molecule has 1 heterocycles. The Morgan fingerprint density at radius 2 is 1.86 bits per heavy atom. The number of carbonyl (C=O) groups excluding carboxylic acids is 2. The highest BCUT2D eigenvalue weighted by atomic mass is 16.5. The molecule has 0 saturated heterocycles. The molecule has 0 amide bonds. The van der Waals surface area contributed by atoms with Crippen molar-refractivity contribution in [2.75, 3.05) is 6.61 Å². The number of esters is 1. The van der Waals surface area contributed by atoms with Crippen molar-refractivity contribution in [3.05, 3.63) is 71.0 Å². The lowest BCUT2D eigenvalue weighted by Gasteiger charge is -2.09. The predicted molar refractivity (Wildman–Crippen MR) is 108 cm³/mol. The maximum Gasteiger partial charge on any atom is 0.306 e. The lowest BCUT2D eigenvalue weighted by atomic mass is 10.0. The van der Waals surface area contributed by atoms with E-state index in [1.54, 1.807) is 6.92 Å². The smallest absolute Gasteiger partial charge is 0.306 e. The van der Waals surface area contributed by atoms with E-state index >= 15 is 0 Å². The van der Waals surface area contributed by atoms with Gasteiger partial charge < -0.3 is 9.84 Å². The lowest BCUT2D eigenvalue weighted by Crippen LogP contribution is -2.11. The monoisotopic (exact) mass is 388 g/mol. The summed E-state index contributed by atoms with van der Waals surface area (Å²) in [6.45, 7) is 1.92. The van der Waals surface area contributed by atoms with E-state index in [-0.39, 0.29) is 30.7 Å². The van der Waals surface area contributed by atoms with E-state index in [0.29, 0.717) is 12.1 Å². The van der Waals surface area contributed by atoms with Crippen LogP contribution in [0.25, 0.3) is 10.8 Å². The van der Waals surface area contributed by atoms with Crippen LogP contribution in [0, 0.1) is 11.3 Å². The van der Waals surface area contributed by atoms with Gasteiger partial charge in [0.15, 0.2) is 11.5 Å². The molecule has 1 N–H and O–H groups in total. The molecule has 0 radical (unpaired) electrons. The van der Waals surface area contributed by atoms with Gasteiger partial charge in [-0.15, -0.1) is 0 Å². The number of carbonyl (C=O) groups is 2. The molecule has 0 unspecified atom stereocenters. The molecule has 1 aromatic heterocycles. The topological polar surface area (TPSA) is 100 Å². The molecule has 0 atom stereocenters. The van der Waals surface area contributed by atoms with Crippen LogP contribution in [0.15, 0.2) is 48.5 Å². The van der Waals surface area contributed by atoms with Crippen LogP contribution in [0.5, 0.6) is 5.75 Å². The van der Waals surface area contributed by atoms with Crippen molar-refractivity contribution >= 4 is 22.5 Å². The third kappa shape index (κ3) is 4.77. The van der Waals surface area contributed by atoms with Gasteiger partial charge in [-0.3, -0.25) is 9.59 Å². The second-order valence-electron chi connectivity index (χ2n) is 6.56. The van der Waals surface area contributed by atoms with Gasteiger partial charge in [0.1, 0.15) is 11.8 Å². The number of pyridine rings is 1. The van der Waals surface area contributed by atoms with Crippen LogP contribution in [0.2, 0.25) is 0 Å². The van der Waals surface area contributed by atoms with Crippen LogP contribution < -0.4 is 0 Å². The van der Waals surface area contributed by atoms with E-state index in [1.165, 1.54) is 6.07 Å². The summed E-state index contributed by atoms with van der Waals surface area (Å²) in [4.78, 5) is 28.3. The second-order valence-corrected chi connectivity index (χ2v) is 6.56. The van der Waals surface area contributed by atoms with Crippen molar-refractivity contribution in [1.29, 1.82) is 5.26 Å². The van der Waals surface area contributed by atoms with Crippen molar-refractivity contribution in [3.8, 4) is 11.8 Å². The Bertz CT molecular complexity index is 1120. The van der Waals surface area contributed by atoms with Gasteiger partial charge in [0.05, 0.1) is 18.6 Å². The minimum Gasteiger partial charge on any atom is -0.504 e. The molecule has 3 aromatic rings. The number of aromatic nitrogens is 1. The summed E-state index contributed by atoms with van der Waals surface area (Å²) in [7, 11) is 0. The fourth-order valence-electron chi connectivity index (χ4n) is 3.09. The predicted octanol–water partition coefficient (Wildman–Crippen LogP) is 3.93. The van der Waals surface area contributed by atoms with Gasteiger partial charge in [-0.05, 0) is 29.3 Å². The zero-order valence-electron chi connectivity index (χ0n) is 16.0. The van der Waals surface area contributed by atoms with Crippen LogP contribution >= 0.6 is 0 Å². The van der Waals surface area contributed by atoms with Crippen molar-refractivity contribution in [2.24, 2.45) is 0 Å². The van der Waals surface area contributed by atoms with Gasteiger partial charge in [-0.25, -0.2) is 4.98 Å². The third-order valence-electron chi connectivity index (χ3n) is 4.49. The van der Waals surface area contributed by atoms with Gasteiger partial charge in [0, 0.05) is 18.5 Å². The summed E-state index contributed by atoms with van der Waals surface area (Å²) < 4.78 is 4.81. The number of hydrogen-bond acceptors (Lipinski definition) is 6. The largest absolute Gasteiger partial charge is 0.504 e. The van der Waals surface area contributed by atoms with Crippen LogP contribution in [-0.4, -0.2) is 28.4 Å². The first-order valence-corrected chi connectivity index (χ1v) is 9.31. The number of nitriles is 1. The minimum atomic E-state index is -0.507. The molecule has 0 aliphatic carbocycles. The Hall–Kier alpha value is -3.72. The number of ketones is 1. The normalized spacial score (nSPS) is 10.5. The second kappa shape index (κ2) is 8.98. The minimum absolute atomic E-state index is 0.0183. The molecule has 6 heteroatoms. The average Bonchev–Trinajstić information content (AvgIpc) is 2.73. The molecule has 0 fully saturated rings. The van der Waals surface area contributed by atoms with E-state index in [2.05, 4.69) is 4.98 Å². The molecule has 3 rings (SSSR count). The Morgan fingerprint density at radius 1 is 1.10 bits per heavy atom. The van der Waals surface area contributed by atoms with Gasteiger partial charge in [-0.2, -0.15) is 5.26 Å². The van der Waals surface area contributed by atoms with Crippen molar-refractivity contribution in [3.63, 3.8) is 0 Å². The number of rotatable bonds is 7. The molecule has 6 nitrogen and oxygen atoms in total. The van der Waals surface area contributed by atoms with Crippen LogP contribution in [0.1, 0.15) is 47.1 Å². The van der Waals surface area contributed by atoms with Gasteiger partial charge in [-0.1, -0.05) is 42.5 Å². The molecule has 0 bridgehead atoms. The van der Waals surface area contributed by atoms with Crippen molar-refractivity contribution < 1.29 is 19.4 Å². The molecule has 0 aliphatic heterocycles. The standard InChI is InChI=1S/C23H20N2O4/c1-2-29-21(27)10-9-20(26)22-23(28)18(14-24)13-19(25-22)12-15-7-8-16-5-3-4-6-17(16)11-15/h3-8,11,13,28H,2,9-10,12H2,1H3. The van der Waals surface area contributed by atoms with Gasteiger partial charge >= 0.3 is 5.97 Å². The summed E-state index contributed by atoms with van der Waals surface area (Å²) >= 11 is 0. The summed E-state index contributed by atoms with van der Waals surface area (Å²) in [6, 6.07) is 17.3. The Morgan fingerprint density at radius 3 is 2.59 bits per heavy atom. The highest BCUT2D eigenvalue weighted by molar-refractivity contribution is 5.98. The number of aromatic hydroxyl groups is 1. The molecule has 2 aromatic carbocycles. The summed E-state index contributed by atoms with van der Waals surface area (Å²) in [5.74, 6) is -1.45. The quantitative estimate of drug-likeness (QED) is 0.486. The van der Waals surface area contributed by atoms with Gasteiger partial charge in [0.25, 0.3) is 0 Å². The van der Waals surface area contributed by atoms with E-state index in [1.807, 2.05) is 48.5 Å². The SMILES string of the molecule is CCOC(=O)CCC(=O)c1nc(Cc2ccc3ccccc3c2)cc(C#N)c1O. The first-order chi connectivity index (χ1) is 14.0. The fraction of sp³-hybridized carbons (Fsp3) is 0.217. The zero-order chi connectivity index (χ0) is 20.8. The Labute approximate surface area is 168 Å².